The average Bonchev–Trinajstić information content (AvgIpc) is 2.74. The van der Waals surface area contributed by atoms with Gasteiger partial charge in [-0.1, -0.05) is 0 Å². The Labute approximate surface area is 123 Å². The van der Waals surface area contributed by atoms with Crippen molar-refractivity contribution in [1.82, 2.24) is 9.78 Å². The van der Waals surface area contributed by atoms with Crippen LogP contribution in [0.3, 0.4) is 0 Å². The molecule has 1 aliphatic carbocycles. The Morgan fingerprint density at radius 3 is 2.52 bits per heavy atom. The number of esters is 1. The average molecular weight is 298 g/mol. The molecule has 0 bridgehead atoms. The minimum absolute atomic E-state index is 0.245. The quantitative estimate of drug-likeness (QED) is 0.754. The molecule has 0 atom stereocenters. The van der Waals surface area contributed by atoms with Crippen molar-refractivity contribution in [2.24, 2.45) is 5.73 Å². The van der Waals surface area contributed by atoms with E-state index in [9.17, 15) is 9.59 Å². The van der Waals surface area contributed by atoms with Crippen molar-refractivity contribution in [3.8, 4) is 0 Å². The SMILES string of the molecule is COC(C)=O.NC(=O)c1c(N)cnn1CCOC1CCC1. The van der Waals surface area contributed by atoms with Crippen LogP contribution in [0.2, 0.25) is 0 Å². The lowest BCUT2D eigenvalue weighted by Gasteiger charge is -2.25. The van der Waals surface area contributed by atoms with Crippen LogP contribution in [0.15, 0.2) is 6.20 Å². The first-order valence-corrected chi connectivity index (χ1v) is 6.73. The molecule has 1 fully saturated rings. The molecule has 0 spiro atoms. The molecule has 8 heteroatoms. The second-order valence-electron chi connectivity index (χ2n) is 4.66. The first-order valence-electron chi connectivity index (χ1n) is 6.73. The predicted octanol–water partition coefficient (Wildman–Crippen LogP) is 0.313. The number of carbonyl (C=O) groups is 2. The third-order valence-electron chi connectivity index (χ3n) is 3.10. The number of hydrogen-bond acceptors (Lipinski definition) is 6. The summed E-state index contributed by atoms with van der Waals surface area (Å²) in [6.07, 6.45) is 5.31. The Morgan fingerprint density at radius 1 is 1.48 bits per heavy atom. The fourth-order valence-corrected chi connectivity index (χ4v) is 1.68. The molecule has 1 aromatic heterocycles. The fourth-order valence-electron chi connectivity index (χ4n) is 1.68. The highest BCUT2D eigenvalue weighted by Crippen LogP contribution is 2.21. The molecular weight excluding hydrogens is 276 g/mol. The lowest BCUT2D eigenvalue weighted by molar-refractivity contribution is -0.137. The number of methoxy groups -OCH3 is 1. The number of anilines is 1. The predicted molar refractivity (Wildman–Crippen MR) is 76.4 cm³/mol. The molecule has 1 aliphatic rings. The molecule has 1 amide bonds. The van der Waals surface area contributed by atoms with Crippen molar-refractivity contribution in [2.75, 3.05) is 19.5 Å². The summed E-state index contributed by atoms with van der Waals surface area (Å²) in [5.74, 6) is -0.802. The first-order chi connectivity index (χ1) is 9.95. The summed E-state index contributed by atoms with van der Waals surface area (Å²) in [7, 11) is 1.35. The van der Waals surface area contributed by atoms with Gasteiger partial charge in [0.15, 0.2) is 0 Å². The zero-order chi connectivity index (χ0) is 15.8. The van der Waals surface area contributed by atoms with Crippen molar-refractivity contribution in [2.45, 2.75) is 38.8 Å². The summed E-state index contributed by atoms with van der Waals surface area (Å²) >= 11 is 0. The maximum atomic E-state index is 11.1. The number of nitrogen functional groups attached to an aromatic ring is 1. The van der Waals surface area contributed by atoms with E-state index in [0.29, 0.717) is 24.9 Å². The number of amides is 1. The summed E-state index contributed by atoms with van der Waals surface area (Å²) in [5, 5.41) is 3.99. The molecule has 4 N–H and O–H groups in total. The van der Waals surface area contributed by atoms with Crippen molar-refractivity contribution < 1.29 is 19.1 Å². The normalized spacial score (nSPS) is 13.8. The molecule has 118 valence electrons. The lowest BCUT2D eigenvalue weighted by atomic mass is 9.96. The van der Waals surface area contributed by atoms with Crippen molar-refractivity contribution >= 4 is 17.6 Å². The molecule has 2 rings (SSSR count). The van der Waals surface area contributed by atoms with E-state index in [2.05, 4.69) is 9.84 Å². The van der Waals surface area contributed by atoms with Gasteiger partial charge in [-0.05, 0) is 19.3 Å². The number of nitrogens with zero attached hydrogens (tertiary/aromatic N) is 2. The zero-order valence-electron chi connectivity index (χ0n) is 12.4. The van der Waals surface area contributed by atoms with Crippen LogP contribution >= 0.6 is 0 Å². The Hall–Kier alpha value is -2.09. The standard InChI is InChI=1S/C10H16N4O2.C3H6O2/c11-8-6-13-14(9(8)10(12)15)4-5-16-7-2-1-3-7;1-3(4)5-2/h6-7H,1-5,11H2,(H2,12,15);1-2H3. The number of hydrogen-bond donors (Lipinski definition) is 2. The molecule has 8 nitrogen and oxygen atoms in total. The van der Waals surface area contributed by atoms with E-state index in [1.54, 1.807) is 0 Å². The van der Waals surface area contributed by atoms with E-state index in [1.165, 1.54) is 31.3 Å². The van der Waals surface area contributed by atoms with Gasteiger partial charge in [0.05, 0.1) is 38.2 Å². The van der Waals surface area contributed by atoms with E-state index < -0.39 is 5.91 Å². The highest BCUT2D eigenvalue weighted by atomic mass is 16.5. The lowest BCUT2D eigenvalue weighted by Crippen LogP contribution is -2.25. The summed E-state index contributed by atoms with van der Waals surface area (Å²) < 4.78 is 11.2. The molecule has 0 unspecified atom stereocenters. The van der Waals surface area contributed by atoms with E-state index in [1.807, 2.05) is 0 Å². The number of nitrogens with two attached hydrogens (primary N) is 2. The van der Waals surface area contributed by atoms with Crippen LogP contribution in [0.4, 0.5) is 5.69 Å². The van der Waals surface area contributed by atoms with Crippen molar-refractivity contribution in [1.29, 1.82) is 0 Å². The fraction of sp³-hybridized carbons (Fsp3) is 0.615. The molecule has 0 radical (unpaired) electrons. The summed E-state index contributed by atoms with van der Waals surface area (Å²) in [6.45, 7) is 2.40. The number of ether oxygens (including phenoxy) is 2. The topological polar surface area (TPSA) is 122 Å². The Balaban J connectivity index is 0.000000383. The first kappa shape index (κ1) is 17.0. The van der Waals surface area contributed by atoms with E-state index >= 15 is 0 Å². The van der Waals surface area contributed by atoms with Crippen LogP contribution < -0.4 is 11.5 Å². The van der Waals surface area contributed by atoms with Crippen LogP contribution in [-0.4, -0.2) is 41.5 Å². The van der Waals surface area contributed by atoms with Crippen LogP contribution in [0.25, 0.3) is 0 Å². The van der Waals surface area contributed by atoms with Gasteiger partial charge in [-0.3, -0.25) is 14.3 Å². The largest absolute Gasteiger partial charge is 0.469 e. The zero-order valence-corrected chi connectivity index (χ0v) is 12.4. The molecule has 0 aromatic carbocycles. The molecule has 21 heavy (non-hydrogen) atoms. The van der Waals surface area contributed by atoms with Gasteiger partial charge in [-0.25, -0.2) is 0 Å². The monoisotopic (exact) mass is 298 g/mol. The van der Waals surface area contributed by atoms with E-state index in [4.69, 9.17) is 16.2 Å². The smallest absolute Gasteiger partial charge is 0.302 e. The van der Waals surface area contributed by atoms with Gasteiger partial charge in [0, 0.05) is 6.92 Å². The van der Waals surface area contributed by atoms with Crippen LogP contribution in [0.1, 0.15) is 36.7 Å². The van der Waals surface area contributed by atoms with Gasteiger partial charge in [0.25, 0.3) is 5.91 Å². The van der Waals surface area contributed by atoms with Crippen LogP contribution in [-0.2, 0) is 20.8 Å². The minimum atomic E-state index is -0.557. The second-order valence-corrected chi connectivity index (χ2v) is 4.66. The van der Waals surface area contributed by atoms with Crippen LogP contribution in [0.5, 0.6) is 0 Å². The minimum Gasteiger partial charge on any atom is -0.469 e. The summed E-state index contributed by atoms with van der Waals surface area (Å²) in [6, 6.07) is 0. The van der Waals surface area contributed by atoms with Gasteiger partial charge in [-0.15, -0.1) is 0 Å². The van der Waals surface area contributed by atoms with Crippen molar-refractivity contribution in [3.05, 3.63) is 11.9 Å². The maximum Gasteiger partial charge on any atom is 0.302 e. The Bertz CT molecular complexity index is 483. The molecule has 1 heterocycles. The number of primary amides is 1. The van der Waals surface area contributed by atoms with Gasteiger partial charge >= 0.3 is 5.97 Å². The number of aromatic nitrogens is 2. The Kier molecular flexibility index (Phi) is 6.67. The molecule has 1 aromatic rings. The number of rotatable bonds is 5. The molecule has 1 saturated carbocycles. The molecular formula is C13H22N4O4. The highest BCUT2D eigenvalue weighted by Gasteiger charge is 2.18. The highest BCUT2D eigenvalue weighted by molar-refractivity contribution is 5.96. The van der Waals surface area contributed by atoms with Crippen LogP contribution in [0, 0.1) is 0 Å². The van der Waals surface area contributed by atoms with Gasteiger partial charge in [-0.2, -0.15) is 5.10 Å². The molecule has 0 aliphatic heterocycles. The van der Waals surface area contributed by atoms with Gasteiger partial charge < -0.3 is 20.9 Å². The van der Waals surface area contributed by atoms with Crippen molar-refractivity contribution in [3.63, 3.8) is 0 Å². The third kappa shape index (κ3) is 5.42. The van der Waals surface area contributed by atoms with Gasteiger partial charge in [0.2, 0.25) is 0 Å². The third-order valence-corrected chi connectivity index (χ3v) is 3.10. The number of carbonyl (C=O) groups excluding carboxylic acids is 2. The second kappa shape index (κ2) is 8.25. The maximum absolute atomic E-state index is 11.1. The summed E-state index contributed by atoms with van der Waals surface area (Å²) in [4.78, 5) is 20.7. The van der Waals surface area contributed by atoms with E-state index in [0.717, 1.165) is 12.8 Å². The van der Waals surface area contributed by atoms with E-state index in [-0.39, 0.29) is 11.7 Å². The van der Waals surface area contributed by atoms with Gasteiger partial charge in [0.1, 0.15) is 5.69 Å². The summed E-state index contributed by atoms with van der Waals surface area (Å²) in [5.41, 5.74) is 11.4. The molecule has 0 saturated heterocycles. The Morgan fingerprint density at radius 2 is 2.10 bits per heavy atom.